The van der Waals surface area contributed by atoms with Crippen molar-refractivity contribution in [1.29, 1.82) is 0 Å². The summed E-state index contributed by atoms with van der Waals surface area (Å²) in [6, 6.07) is 9.02. The first-order valence-electron chi connectivity index (χ1n) is 8.19. The highest BCUT2D eigenvalue weighted by molar-refractivity contribution is 8.00. The fourth-order valence-electron chi connectivity index (χ4n) is 2.40. The topological polar surface area (TPSA) is 56.2 Å². The Morgan fingerprint density at radius 1 is 1.21 bits per heavy atom. The van der Waals surface area contributed by atoms with Gasteiger partial charge < -0.3 is 10.1 Å². The van der Waals surface area contributed by atoms with Crippen LogP contribution in [-0.4, -0.2) is 27.8 Å². The monoisotopic (exact) mass is 407 g/mol. The summed E-state index contributed by atoms with van der Waals surface area (Å²) >= 11 is 1.13. The molecule has 9 heteroatoms. The number of imidazole rings is 1. The molecule has 0 bridgehead atoms. The van der Waals surface area contributed by atoms with Gasteiger partial charge in [0.1, 0.15) is 5.75 Å². The molecule has 1 amide bonds. The lowest BCUT2D eigenvalue weighted by Gasteiger charge is -2.14. The van der Waals surface area contributed by atoms with Crippen molar-refractivity contribution in [3.8, 4) is 11.4 Å². The van der Waals surface area contributed by atoms with Crippen molar-refractivity contribution in [2.24, 2.45) is 0 Å². The molecule has 0 unspecified atom stereocenters. The molecule has 28 heavy (non-hydrogen) atoms. The first kappa shape index (κ1) is 19.8. The van der Waals surface area contributed by atoms with Gasteiger partial charge >= 0.3 is 0 Å². The lowest BCUT2D eigenvalue weighted by Crippen LogP contribution is -2.23. The van der Waals surface area contributed by atoms with Gasteiger partial charge in [0.2, 0.25) is 5.91 Å². The Kier molecular flexibility index (Phi) is 5.93. The summed E-state index contributed by atoms with van der Waals surface area (Å²) in [6.45, 7) is 1.60. The summed E-state index contributed by atoms with van der Waals surface area (Å²) in [6.07, 6.45) is 3.32. The van der Waals surface area contributed by atoms with Crippen molar-refractivity contribution in [2.45, 2.75) is 17.3 Å². The van der Waals surface area contributed by atoms with Gasteiger partial charge in [-0.05, 0) is 31.2 Å². The van der Waals surface area contributed by atoms with Crippen LogP contribution in [-0.2, 0) is 4.79 Å². The van der Waals surface area contributed by atoms with Gasteiger partial charge in [-0.1, -0.05) is 17.8 Å². The Labute approximate surface area is 163 Å². The number of rotatable bonds is 6. The Hall–Kier alpha value is -2.94. The Morgan fingerprint density at radius 3 is 2.75 bits per heavy atom. The SMILES string of the molecule is COc1cccc(-n2ccnc2S[C@@H](C)C(=O)Nc2ccc(F)c(F)c2F)c1. The zero-order valence-electron chi connectivity index (χ0n) is 14.9. The first-order chi connectivity index (χ1) is 13.4. The number of benzene rings is 2. The maximum atomic E-state index is 13.8. The minimum atomic E-state index is -1.63. The van der Waals surface area contributed by atoms with Gasteiger partial charge in [0.15, 0.2) is 22.6 Å². The molecule has 3 rings (SSSR count). The molecule has 0 spiro atoms. The second kappa shape index (κ2) is 8.39. The number of methoxy groups -OCH3 is 1. The van der Waals surface area contributed by atoms with Gasteiger partial charge in [-0.2, -0.15) is 0 Å². The molecule has 146 valence electrons. The van der Waals surface area contributed by atoms with Crippen molar-refractivity contribution < 1.29 is 22.7 Å². The molecular formula is C19H16F3N3O2S. The smallest absolute Gasteiger partial charge is 0.237 e. The standard InChI is InChI=1S/C19H16F3N3O2S/c1-11(18(26)24-15-7-6-14(20)16(21)17(15)22)28-19-23-8-9-25(19)12-4-3-5-13(10-12)27-2/h3-11H,1-2H3,(H,24,26)/t11-/m0/s1. The summed E-state index contributed by atoms with van der Waals surface area (Å²) in [4.78, 5) is 16.6. The van der Waals surface area contributed by atoms with E-state index in [4.69, 9.17) is 4.74 Å². The van der Waals surface area contributed by atoms with E-state index in [0.717, 1.165) is 29.6 Å². The van der Waals surface area contributed by atoms with Gasteiger partial charge in [0.05, 0.1) is 23.7 Å². The average Bonchev–Trinajstić information content (AvgIpc) is 3.16. The van der Waals surface area contributed by atoms with Crippen molar-refractivity contribution in [3.63, 3.8) is 0 Å². The molecule has 2 aromatic carbocycles. The third-order valence-electron chi connectivity index (χ3n) is 3.88. The van der Waals surface area contributed by atoms with E-state index in [1.807, 2.05) is 18.2 Å². The minimum Gasteiger partial charge on any atom is -0.497 e. The fourth-order valence-corrected chi connectivity index (χ4v) is 3.29. The normalized spacial score (nSPS) is 11.9. The van der Waals surface area contributed by atoms with Crippen LogP contribution in [0.2, 0.25) is 0 Å². The highest BCUT2D eigenvalue weighted by Crippen LogP contribution is 2.27. The van der Waals surface area contributed by atoms with E-state index in [2.05, 4.69) is 10.3 Å². The number of hydrogen-bond acceptors (Lipinski definition) is 4. The molecule has 5 nitrogen and oxygen atoms in total. The number of ether oxygens (including phenoxy) is 1. The van der Waals surface area contributed by atoms with E-state index in [1.54, 1.807) is 37.1 Å². The van der Waals surface area contributed by atoms with Gasteiger partial charge in [0.25, 0.3) is 0 Å². The molecule has 3 aromatic rings. The van der Waals surface area contributed by atoms with Crippen molar-refractivity contribution >= 4 is 23.4 Å². The van der Waals surface area contributed by atoms with Crippen LogP contribution in [0.1, 0.15) is 6.92 Å². The first-order valence-corrected chi connectivity index (χ1v) is 9.07. The van der Waals surface area contributed by atoms with Gasteiger partial charge in [0, 0.05) is 18.5 Å². The Balaban J connectivity index is 1.75. The van der Waals surface area contributed by atoms with Crippen LogP contribution in [0.4, 0.5) is 18.9 Å². The number of anilines is 1. The van der Waals surface area contributed by atoms with E-state index in [9.17, 15) is 18.0 Å². The predicted octanol–water partition coefficient (Wildman–Crippen LogP) is 4.42. The van der Waals surface area contributed by atoms with Crippen LogP contribution in [0.5, 0.6) is 5.75 Å². The summed E-state index contributed by atoms with van der Waals surface area (Å²) in [7, 11) is 1.56. The van der Waals surface area contributed by atoms with E-state index in [1.165, 1.54) is 0 Å². The largest absolute Gasteiger partial charge is 0.497 e. The molecule has 0 saturated carbocycles. The minimum absolute atomic E-state index is 0.424. The number of carbonyl (C=O) groups excluding carboxylic acids is 1. The molecule has 0 fully saturated rings. The highest BCUT2D eigenvalue weighted by atomic mass is 32.2. The predicted molar refractivity (Wildman–Crippen MR) is 100 cm³/mol. The van der Waals surface area contributed by atoms with E-state index >= 15 is 0 Å². The zero-order chi connectivity index (χ0) is 20.3. The van der Waals surface area contributed by atoms with Crippen LogP contribution in [0.25, 0.3) is 5.69 Å². The number of nitrogens with one attached hydrogen (secondary N) is 1. The second-order valence-electron chi connectivity index (χ2n) is 5.75. The highest BCUT2D eigenvalue weighted by Gasteiger charge is 2.21. The lowest BCUT2D eigenvalue weighted by atomic mass is 10.2. The molecule has 0 aliphatic heterocycles. The molecule has 0 aliphatic carbocycles. The third kappa shape index (κ3) is 4.14. The van der Waals surface area contributed by atoms with Crippen LogP contribution < -0.4 is 10.1 Å². The van der Waals surface area contributed by atoms with Crippen LogP contribution in [0.15, 0.2) is 53.9 Å². The van der Waals surface area contributed by atoms with Gasteiger partial charge in [-0.3, -0.25) is 9.36 Å². The molecule has 1 heterocycles. The number of amides is 1. The maximum absolute atomic E-state index is 13.8. The Morgan fingerprint density at radius 2 is 2.00 bits per heavy atom. The average molecular weight is 407 g/mol. The molecule has 0 saturated heterocycles. The molecule has 0 aliphatic rings. The van der Waals surface area contributed by atoms with Gasteiger partial charge in [-0.15, -0.1) is 0 Å². The summed E-state index contributed by atoms with van der Waals surface area (Å²) < 4.78 is 47.1. The van der Waals surface area contributed by atoms with E-state index in [0.29, 0.717) is 10.9 Å². The Bertz CT molecular complexity index is 1010. The number of carbonyl (C=O) groups is 1. The third-order valence-corrected chi connectivity index (χ3v) is 4.96. The quantitative estimate of drug-likeness (QED) is 0.486. The van der Waals surface area contributed by atoms with Crippen LogP contribution in [0, 0.1) is 17.5 Å². The van der Waals surface area contributed by atoms with Crippen molar-refractivity contribution in [1.82, 2.24) is 9.55 Å². The van der Waals surface area contributed by atoms with Gasteiger partial charge in [-0.25, -0.2) is 18.2 Å². The van der Waals surface area contributed by atoms with Crippen LogP contribution in [0.3, 0.4) is 0 Å². The van der Waals surface area contributed by atoms with E-state index < -0.39 is 34.3 Å². The summed E-state index contributed by atoms with van der Waals surface area (Å²) in [5.74, 6) is -4.30. The number of aromatic nitrogens is 2. The van der Waals surface area contributed by atoms with Crippen molar-refractivity contribution in [2.75, 3.05) is 12.4 Å². The fraction of sp³-hybridized carbons (Fsp3) is 0.158. The second-order valence-corrected chi connectivity index (χ2v) is 7.06. The number of nitrogens with zero attached hydrogens (tertiary/aromatic N) is 2. The lowest BCUT2D eigenvalue weighted by molar-refractivity contribution is -0.115. The summed E-state index contributed by atoms with van der Waals surface area (Å²) in [5.41, 5.74) is 0.367. The zero-order valence-corrected chi connectivity index (χ0v) is 15.8. The van der Waals surface area contributed by atoms with Crippen molar-refractivity contribution in [3.05, 3.63) is 66.2 Å². The summed E-state index contributed by atoms with van der Waals surface area (Å²) in [5, 5.41) is 2.12. The van der Waals surface area contributed by atoms with Crippen LogP contribution >= 0.6 is 11.8 Å². The molecular weight excluding hydrogens is 391 g/mol. The number of halogens is 3. The number of thioether (sulfide) groups is 1. The molecule has 0 radical (unpaired) electrons. The molecule has 1 atom stereocenters. The molecule has 1 N–H and O–H groups in total. The maximum Gasteiger partial charge on any atom is 0.237 e. The molecule has 1 aromatic heterocycles. The number of hydrogen-bond donors (Lipinski definition) is 1. The van der Waals surface area contributed by atoms with E-state index in [-0.39, 0.29) is 0 Å².